The van der Waals surface area contributed by atoms with Crippen molar-refractivity contribution in [3.63, 3.8) is 0 Å². The second-order valence-electron chi connectivity index (χ2n) is 4.30. The standard InChI is InChI=1S/C13H14BNO2/c14-11-7-6-10(15-12(11)13(16)17)8-9-4-2-1-3-5-9/h1-6,11H,7-8,14H2,(H,16,17). The summed E-state index contributed by atoms with van der Waals surface area (Å²) in [5, 5.41) is 9.03. The molecule has 1 aliphatic heterocycles. The molecule has 1 aromatic carbocycles. The maximum Gasteiger partial charge on any atom is 0.349 e. The SMILES string of the molecule is BC1CC=C(Cc2ccccc2)N=C1C(=O)O. The molecule has 2 rings (SSSR count). The number of hydrogen-bond acceptors (Lipinski definition) is 2. The Morgan fingerprint density at radius 1 is 1.41 bits per heavy atom. The van der Waals surface area contributed by atoms with Gasteiger partial charge < -0.3 is 5.11 Å². The molecule has 1 atom stereocenters. The van der Waals surface area contributed by atoms with Crippen LogP contribution in [0.3, 0.4) is 0 Å². The first-order chi connectivity index (χ1) is 8.16. The maximum atomic E-state index is 11.0. The second-order valence-corrected chi connectivity index (χ2v) is 4.30. The minimum absolute atomic E-state index is 0.00650. The predicted octanol–water partition coefficient (Wildman–Crippen LogP) is 1.46. The van der Waals surface area contributed by atoms with Crippen LogP contribution in [0.4, 0.5) is 0 Å². The quantitative estimate of drug-likeness (QED) is 0.794. The monoisotopic (exact) mass is 227 g/mol. The zero-order valence-electron chi connectivity index (χ0n) is 9.76. The Balaban J connectivity index is 2.16. The molecule has 4 heteroatoms. The molecule has 1 heterocycles. The fraction of sp³-hybridized carbons (Fsp3) is 0.231. The van der Waals surface area contributed by atoms with Crippen molar-refractivity contribution in [1.29, 1.82) is 0 Å². The van der Waals surface area contributed by atoms with E-state index >= 15 is 0 Å². The third kappa shape index (κ3) is 2.84. The van der Waals surface area contributed by atoms with Gasteiger partial charge in [-0.05, 0) is 17.8 Å². The first-order valence-electron chi connectivity index (χ1n) is 5.71. The van der Waals surface area contributed by atoms with Gasteiger partial charge in [-0.2, -0.15) is 0 Å². The summed E-state index contributed by atoms with van der Waals surface area (Å²) in [4.78, 5) is 15.2. The summed E-state index contributed by atoms with van der Waals surface area (Å²) >= 11 is 0. The maximum absolute atomic E-state index is 11.0. The van der Waals surface area contributed by atoms with Crippen molar-refractivity contribution in [3.05, 3.63) is 47.7 Å². The van der Waals surface area contributed by atoms with E-state index < -0.39 is 5.97 Å². The van der Waals surface area contributed by atoms with E-state index in [-0.39, 0.29) is 11.5 Å². The molecule has 1 aliphatic rings. The van der Waals surface area contributed by atoms with E-state index in [4.69, 9.17) is 5.11 Å². The Kier molecular flexibility index (Phi) is 3.42. The van der Waals surface area contributed by atoms with Crippen molar-refractivity contribution >= 4 is 19.5 Å². The number of carboxylic acids is 1. The third-order valence-corrected chi connectivity index (χ3v) is 2.89. The predicted molar refractivity (Wildman–Crippen MR) is 70.2 cm³/mol. The van der Waals surface area contributed by atoms with Gasteiger partial charge in [0.2, 0.25) is 0 Å². The summed E-state index contributed by atoms with van der Waals surface area (Å²) in [7, 11) is 1.89. The normalized spacial score (nSPS) is 19.4. The van der Waals surface area contributed by atoms with Crippen LogP contribution < -0.4 is 0 Å². The summed E-state index contributed by atoms with van der Waals surface area (Å²) in [5.74, 6) is -0.900. The fourth-order valence-electron chi connectivity index (χ4n) is 1.91. The van der Waals surface area contributed by atoms with Crippen LogP contribution in [0.15, 0.2) is 47.1 Å². The molecule has 0 saturated carbocycles. The van der Waals surface area contributed by atoms with Gasteiger partial charge in [0.05, 0.1) is 0 Å². The highest BCUT2D eigenvalue weighted by Gasteiger charge is 2.21. The number of allylic oxidation sites excluding steroid dienone is 2. The zero-order valence-corrected chi connectivity index (χ0v) is 9.76. The topological polar surface area (TPSA) is 49.7 Å². The van der Waals surface area contributed by atoms with Crippen molar-refractivity contribution in [2.45, 2.75) is 18.7 Å². The van der Waals surface area contributed by atoms with Crippen molar-refractivity contribution in [2.24, 2.45) is 4.99 Å². The highest BCUT2D eigenvalue weighted by atomic mass is 16.4. The molecule has 1 aromatic rings. The minimum Gasteiger partial charge on any atom is -0.477 e. The summed E-state index contributed by atoms with van der Waals surface area (Å²) in [6.45, 7) is 0. The van der Waals surface area contributed by atoms with Gasteiger partial charge in [0, 0.05) is 12.1 Å². The molecular formula is C13H14BNO2. The summed E-state index contributed by atoms with van der Waals surface area (Å²) in [6, 6.07) is 9.96. The minimum atomic E-state index is -0.906. The summed E-state index contributed by atoms with van der Waals surface area (Å²) < 4.78 is 0. The molecule has 0 spiro atoms. The molecule has 0 fully saturated rings. The van der Waals surface area contributed by atoms with Crippen molar-refractivity contribution in [3.8, 4) is 0 Å². The van der Waals surface area contributed by atoms with E-state index in [1.165, 1.54) is 0 Å². The van der Waals surface area contributed by atoms with Crippen LogP contribution in [-0.4, -0.2) is 24.6 Å². The van der Waals surface area contributed by atoms with Gasteiger partial charge in [-0.3, -0.25) is 4.99 Å². The molecule has 1 unspecified atom stereocenters. The van der Waals surface area contributed by atoms with Crippen molar-refractivity contribution in [1.82, 2.24) is 0 Å². The summed E-state index contributed by atoms with van der Waals surface area (Å²) in [5.41, 5.74) is 2.28. The molecule has 0 saturated heterocycles. The van der Waals surface area contributed by atoms with E-state index in [9.17, 15) is 4.79 Å². The first-order valence-corrected chi connectivity index (χ1v) is 5.71. The number of hydrogen-bond donors (Lipinski definition) is 1. The number of aliphatic carboxylic acids is 1. The molecule has 3 nitrogen and oxygen atoms in total. The Morgan fingerprint density at radius 3 is 2.76 bits per heavy atom. The Labute approximate surface area is 101 Å². The number of carboxylic acid groups (broad SMARTS) is 1. The van der Waals surface area contributed by atoms with Crippen molar-refractivity contribution in [2.75, 3.05) is 0 Å². The van der Waals surface area contributed by atoms with Crippen LogP contribution in [0.1, 0.15) is 12.0 Å². The molecule has 0 amide bonds. The van der Waals surface area contributed by atoms with E-state index in [2.05, 4.69) is 4.99 Å². The zero-order chi connectivity index (χ0) is 12.3. The van der Waals surface area contributed by atoms with Crippen LogP contribution in [0.5, 0.6) is 0 Å². The molecule has 0 aromatic heterocycles. The molecular weight excluding hydrogens is 213 g/mol. The highest BCUT2D eigenvalue weighted by molar-refractivity contribution is 6.47. The molecule has 0 radical (unpaired) electrons. The van der Waals surface area contributed by atoms with Gasteiger partial charge in [0.15, 0.2) is 0 Å². The van der Waals surface area contributed by atoms with E-state index in [0.717, 1.165) is 17.7 Å². The van der Waals surface area contributed by atoms with Crippen molar-refractivity contribution < 1.29 is 9.90 Å². The van der Waals surface area contributed by atoms with Crippen LogP contribution in [-0.2, 0) is 11.2 Å². The van der Waals surface area contributed by atoms with Gasteiger partial charge in [-0.1, -0.05) is 36.4 Å². The van der Waals surface area contributed by atoms with Gasteiger partial charge >= 0.3 is 5.97 Å². The Morgan fingerprint density at radius 2 is 2.12 bits per heavy atom. The lowest BCUT2D eigenvalue weighted by molar-refractivity contribution is -0.129. The average Bonchev–Trinajstić information content (AvgIpc) is 2.32. The Hall–Kier alpha value is -1.84. The fourth-order valence-corrected chi connectivity index (χ4v) is 1.91. The number of carbonyl (C=O) groups is 1. The highest BCUT2D eigenvalue weighted by Crippen LogP contribution is 2.22. The second kappa shape index (κ2) is 5.00. The van der Waals surface area contributed by atoms with Gasteiger partial charge in [0.1, 0.15) is 13.6 Å². The lowest BCUT2D eigenvalue weighted by Gasteiger charge is -2.16. The van der Waals surface area contributed by atoms with Gasteiger partial charge in [-0.15, -0.1) is 0 Å². The van der Waals surface area contributed by atoms with Crippen LogP contribution >= 0.6 is 0 Å². The Bertz CT molecular complexity index is 479. The van der Waals surface area contributed by atoms with Gasteiger partial charge in [0.25, 0.3) is 0 Å². The molecule has 86 valence electrons. The lowest BCUT2D eigenvalue weighted by atomic mass is 9.78. The average molecular weight is 227 g/mol. The third-order valence-electron chi connectivity index (χ3n) is 2.89. The van der Waals surface area contributed by atoms with Gasteiger partial charge in [-0.25, -0.2) is 4.79 Å². The molecule has 17 heavy (non-hydrogen) atoms. The van der Waals surface area contributed by atoms with E-state index in [1.807, 2.05) is 44.3 Å². The molecule has 0 aliphatic carbocycles. The smallest absolute Gasteiger partial charge is 0.349 e. The number of nitrogens with zero attached hydrogens (tertiary/aromatic N) is 1. The summed E-state index contributed by atoms with van der Waals surface area (Å²) in [6.07, 6.45) is 3.49. The number of benzene rings is 1. The van der Waals surface area contributed by atoms with Crippen LogP contribution in [0, 0.1) is 0 Å². The molecule has 1 N–H and O–H groups in total. The molecule has 0 bridgehead atoms. The number of rotatable bonds is 3. The largest absolute Gasteiger partial charge is 0.477 e. The van der Waals surface area contributed by atoms with Crippen LogP contribution in [0.25, 0.3) is 0 Å². The van der Waals surface area contributed by atoms with Crippen LogP contribution in [0.2, 0.25) is 5.82 Å². The van der Waals surface area contributed by atoms with E-state index in [0.29, 0.717) is 6.42 Å². The number of aliphatic imine (C=N–C) groups is 1. The van der Waals surface area contributed by atoms with E-state index in [1.54, 1.807) is 0 Å². The lowest BCUT2D eigenvalue weighted by Crippen LogP contribution is -2.22. The first kappa shape index (κ1) is 11.6.